The molecule has 15 heavy (non-hydrogen) atoms. The zero-order valence-corrected chi connectivity index (χ0v) is 8.51. The van der Waals surface area contributed by atoms with E-state index in [1.165, 1.54) is 4.90 Å². The van der Waals surface area contributed by atoms with E-state index >= 15 is 0 Å². The highest BCUT2D eigenvalue weighted by atomic mass is 19.4. The molecular weight excluding hydrogens is 211 g/mol. The lowest BCUT2D eigenvalue weighted by Crippen LogP contribution is -2.37. The predicted octanol–water partition coefficient (Wildman–Crippen LogP) is 2.56. The van der Waals surface area contributed by atoms with Crippen LogP contribution < -0.4 is 0 Å². The van der Waals surface area contributed by atoms with Crippen molar-refractivity contribution in [2.24, 2.45) is 0 Å². The SMILES string of the molecule is CCC1CCCN1C(=O)OCC(F)(F)F. The lowest BCUT2D eigenvalue weighted by molar-refractivity contribution is -0.162. The lowest BCUT2D eigenvalue weighted by atomic mass is 10.2. The van der Waals surface area contributed by atoms with Gasteiger partial charge in [-0.25, -0.2) is 4.79 Å². The van der Waals surface area contributed by atoms with Crippen molar-refractivity contribution >= 4 is 6.09 Å². The average molecular weight is 225 g/mol. The van der Waals surface area contributed by atoms with E-state index in [-0.39, 0.29) is 6.04 Å². The molecule has 0 aromatic carbocycles. The Bertz CT molecular complexity index is 230. The van der Waals surface area contributed by atoms with E-state index in [2.05, 4.69) is 4.74 Å². The smallest absolute Gasteiger partial charge is 0.422 e. The quantitative estimate of drug-likeness (QED) is 0.722. The summed E-state index contributed by atoms with van der Waals surface area (Å²) < 4.78 is 39.5. The third-order valence-electron chi connectivity index (χ3n) is 2.44. The van der Waals surface area contributed by atoms with Crippen LogP contribution >= 0.6 is 0 Å². The number of hydrogen-bond acceptors (Lipinski definition) is 2. The van der Waals surface area contributed by atoms with Crippen molar-refractivity contribution in [1.29, 1.82) is 0 Å². The maximum Gasteiger partial charge on any atom is 0.422 e. The minimum absolute atomic E-state index is 0.0331. The third-order valence-corrected chi connectivity index (χ3v) is 2.44. The molecule has 1 aliphatic heterocycles. The number of carbonyl (C=O) groups is 1. The normalized spacial score (nSPS) is 21.9. The molecule has 1 heterocycles. The molecule has 0 aromatic heterocycles. The number of hydrogen-bond donors (Lipinski definition) is 0. The van der Waals surface area contributed by atoms with Gasteiger partial charge in [-0.1, -0.05) is 6.92 Å². The number of nitrogens with zero attached hydrogens (tertiary/aromatic N) is 1. The van der Waals surface area contributed by atoms with Crippen LogP contribution in [0.1, 0.15) is 26.2 Å². The van der Waals surface area contributed by atoms with Gasteiger partial charge < -0.3 is 9.64 Å². The van der Waals surface area contributed by atoms with Crippen molar-refractivity contribution in [3.05, 3.63) is 0 Å². The molecule has 1 atom stereocenters. The van der Waals surface area contributed by atoms with Gasteiger partial charge in [-0.3, -0.25) is 0 Å². The van der Waals surface area contributed by atoms with E-state index in [1.807, 2.05) is 6.92 Å². The maximum absolute atomic E-state index is 11.8. The highest BCUT2D eigenvalue weighted by Gasteiger charge is 2.33. The Balaban J connectivity index is 2.40. The van der Waals surface area contributed by atoms with Gasteiger partial charge in [0.2, 0.25) is 0 Å². The second-order valence-corrected chi connectivity index (χ2v) is 3.57. The van der Waals surface area contributed by atoms with E-state index in [0.717, 1.165) is 19.3 Å². The summed E-state index contributed by atoms with van der Waals surface area (Å²) in [6.07, 6.45) is -2.87. The second-order valence-electron chi connectivity index (χ2n) is 3.57. The van der Waals surface area contributed by atoms with Crippen molar-refractivity contribution in [1.82, 2.24) is 4.90 Å². The molecule has 1 amide bonds. The number of amides is 1. The summed E-state index contributed by atoms with van der Waals surface area (Å²) in [5, 5.41) is 0. The van der Waals surface area contributed by atoms with E-state index in [9.17, 15) is 18.0 Å². The van der Waals surface area contributed by atoms with Crippen molar-refractivity contribution < 1.29 is 22.7 Å². The van der Waals surface area contributed by atoms with Crippen molar-refractivity contribution in [3.63, 3.8) is 0 Å². The van der Waals surface area contributed by atoms with Crippen LogP contribution in [0.3, 0.4) is 0 Å². The van der Waals surface area contributed by atoms with Gasteiger partial charge >= 0.3 is 12.3 Å². The van der Waals surface area contributed by atoms with Crippen molar-refractivity contribution in [2.75, 3.05) is 13.2 Å². The van der Waals surface area contributed by atoms with Crippen LogP contribution in [0.5, 0.6) is 0 Å². The van der Waals surface area contributed by atoms with Gasteiger partial charge in [0.05, 0.1) is 0 Å². The minimum atomic E-state index is -4.45. The first-order valence-corrected chi connectivity index (χ1v) is 4.94. The Morgan fingerprint density at radius 2 is 2.20 bits per heavy atom. The van der Waals surface area contributed by atoms with Crippen LogP contribution in [0.15, 0.2) is 0 Å². The van der Waals surface area contributed by atoms with E-state index in [4.69, 9.17) is 0 Å². The number of rotatable bonds is 2. The van der Waals surface area contributed by atoms with Crippen LogP contribution in [0.2, 0.25) is 0 Å². The molecule has 0 aliphatic carbocycles. The molecule has 0 radical (unpaired) electrons. The molecule has 0 N–H and O–H groups in total. The standard InChI is InChI=1S/C9H14F3NO2/c1-2-7-4-3-5-13(7)8(14)15-6-9(10,11)12/h7H,2-6H2,1H3. The molecule has 1 fully saturated rings. The Labute approximate surface area is 86.2 Å². The Morgan fingerprint density at radius 1 is 1.53 bits per heavy atom. The predicted molar refractivity (Wildman–Crippen MR) is 47.4 cm³/mol. The zero-order chi connectivity index (χ0) is 11.5. The summed E-state index contributed by atoms with van der Waals surface area (Å²) in [4.78, 5) is 12.6. The van der Waals surface area contributed by atoms with Gasteiger partial charge in [0, 0.05) is 12.6 Å². The Kier molecular flexibility index (Phi) is 3.82. The first-order valence-electron chi connectivity index (χ1n) is 4.94. The minimum Gasteiger partial charge on any atom is -0.440 e. The molecule has 0 bridgehead atoms. The second kappa shape index (κ2) is 4.72. The van der Waals surface area contributed by atoms with Gasteiger partial charge in [0.25, 0.3) is 0 Å². The third kappa shape index (κ3) is 3.60. The summed E-state index contributed by atoms with van der Waals surface area (Å²) in [6.45, 7) is 0.897. The van der Waals surface area contributed by atoms with Crippen molar-refractivity contribution in [3.8, 4) is 0 Å². The fraction of sp³-hybridized carbons (Fsp3) is 0.889. The zero-order valence-electron chi connectivity index (χ0n) is 8.51. The van der Waals surface area contributed by atoms with Crippen LogP contribution in [0.4, 0.5) is 18.0 Å². The molecule has 0 aromatic rings. The summed E-state index contributed by atoms with van der Waals surface area (Å²) in [6, 6.07) is 0.0331. The number of alkyl halides is 3. The molecule has 0 saturated carbocycles. The lowest BCUT2D eigenvalue weighted by Gasteiger charge is -2.23. The van der Waals surface area contributed by atoms with E-state index in [0.29, 0.717) is 6.54 Å². The number of carbonyl (C=O) groups excluding carboxylic acids is 1. The fourth-order valence-corrected chi connectivity index (χ4v) is 1.73. The van der Waals surface area contributed by atoms with Gasteiger partial charge in [0.15, 0.2) is 6.61 Å². The molecule has 1 rings (SSSR count). The largest absolute Gasteiger partial charge is 0.440 e. The molecular formula is C9H14F3NO2. The maximum atomic E-state index is 11.8. The molecule has 88 valence electrons. The summed E-state index contributed by atoms with van der Waals surface area (Å²) in [5.74, 6) is 0. The number of halogens is 3. The highest BCUT2D eigenvalue weighted by molar-refractivity contribution is 5.68. The molecule has 6 heteroatoms. The molecule has 3 nitrogen and oxygen atoms in total. The van der Waals surface area contributed by atoms with Gasteiger partial charge in [-0.15, -0.1) is 0 Å². The van der Waals surface area contributed by atoms with Gasteiger partial charge in [0.1, 0.15) is 0 Å². The molecule has 1 aliphatic rings. The van der Waals surface area contributed by atoms with Crippen LogP contribution in [-0.4, -0.2) is 36.4 Å². The van der Waals surface area contributed by atoms with Crippen LogP contribution in [-0.2, 0) is 4.74 Å². The highest BCUT2D eigenvalue weighted by Crippen LogP contribution is 2.22. The monoisotopic (exact) mass is 225 g/mol. The molecule has 1 unspecified atom stereocenters. The summed E-state index contributed by atoms with van der Waals surface area (Å²) >= 11 is 0. The Hall–Kier alpha value is -0.940. The van der Waals surface area contributed by atoms with Crippen LogP contribution in [0.25, 0.3) is 0 Å². The summed E-state index contributed by atoms with van der Waals surface area (Å²) in [7, 11) is 0. The van der Waals surface area contributed by atoms with E-state index < -0.39 is 18.9 Å². The van der Waals surface area contributed by atoms with E-state index in [1.54, 1.807) is 0 Å². The molecule has 1 saturated heterocycles. The van der Waals surface area contributed by atoms with Gasteiger partial charge in [-0.05, 0) is 19.3 Å². The number of likely N-dealkylation sites (tertiary alicyclic amines) is 1. The van der Waals surface area contributed by atoms with Crippen molar-refractivity contribution in [2.45, 2.75) is 38.4 Å². The van der Waals surface area contributed by atoms with Crippen LogP contribution in [0, 0.1) is 0 Å². The number of ether oxygens (including phenoxy) is 1. The first kappa shape index (κ1) is 12.1. The topological polar surface area (TPSA) is 29.5 Å². The van der Waals surface area contributed by atoms with Gasteiger partial charge in [-0.2, -0.15) is 13.2 Å². The molecule has 0 spiro atoms. The first-order chi connectivity index (χ1) is 6.94. The average Bonchev–Trinajstić information content (AvgIpc) is 2.60. The summed E-state index contributed by atoms with van der Waals surface area (Å²) in [5.41, 5.74) is 0. The fourth-order valence-electron chi connectivity index (χ4n) is 1.73. The Morgan fingerprint density at radius 3 is 2.73 bits per heavy atom.